The van der Waals surface area contributed by atoms with Gasteiger partial charge in [0.2, 0.25) is 0 Å². The fourth-order valence-electron chi connectivity index (χ4n) is 1.98. The standard InChI is InChI=1S/C12H23FN2O2/c1-12(2,3)17-11(16)15-7-5-9(4-6-14)10(13)8-15/h9-10H,4-8,14H2,1-3H3/t9-,10+/m0/s1. The molecule has 0 saturated carbocycles. The van der Waals surface area contributed by atoms with Crippen molar-refractivity contribution in [1.82, 2.24) is 4.90 Å². The van der Waals surface area contributed by atoms with Gasteiger partial charge in [-0.1, -0.05) is 0 Å². The van der Waals surface area contributed by atoms with Gasteiger partial charge < -0.3 is 15.4 Å². The summed E-state index contributed by atoms with van der Waals surface area (Å²) in [4.78, 5) is 13.2. The van der Waals surface area contributed by atoms with E-state index in [1.165, 1.54) is 4.90 Å². The van der Waals surface area contributed by atoms with Crippen LogP contribution in [-0.2, 0) is 4.74 Å². The van der Waals surface area contributed by atoms with E-state index < -0.39 is 17.9 Å². The topological polar surface area (TPSA) is 55.6 Å². The first kappa shape index (κ1) is 14.2. The molecular formula is C12H23FN2O2. The van der Waals surface area contributed by atoms with Gasteiger partial charge >= 0.3 is 6.09 Å². The smallest absolute Gasteiger partial charge is 0.410 e. The Bertz CT molecular complexity index is 266. The Morgan fingerprint density at radius 3 is 2.65 bits per heavy atom. The van der Waals surface area contributed by atoms with E-state index >= 15 is 0 Å². The molecule has 0 aromatic rings. The largest absolute Gasteiger partial charge is 0.444 e. The van der Waals surface area contributed by atoms with Crippen LogP contribution in [0, 0.1) is 5.92 Å². The SMILES string of the molecule is CC(C)(C)OC(=O)N1CC[C@H](CCN)[C@H](F)C1. The number of nitrogens with zero attached hydrogens (tertiary/aromatic N) is 1. The van der Waals surface area contributed by atoms with Crippen molar-refractivity contribution in [3.8, 4) is 0 Å². The third kappa shape index (κ3) is 4.50. The first-order chi connectivity index (χ1) is 7.83. The van der Waals surface area contributed by atoms with Crippen LogP contribution in [0.2, 0.25) is 0 Å². The Balaban J connectivity index is 2.46. The van der Waals surface area contributed by atoms with Gasteiger partial charge in [-0.2, -0.15) is 0 Å². The van der Waals surface area contributed by atoms with Crippen LogP contribution in [0.4, 0.5) is 9.18 Å². The molecule has 4 nitrogen and oxygen atoms in total. The number of carbonyl (C=O) groups is 1. The van der Waals surface area contributed by atoms with E-state index in [1.54, 1.807) is 20.8 Å². The first-order valence-electron chi connectivity index (χ1n) is 6.15. The number of likely N-dealkylation sites (tertiary alicyclic amines) is 1. The third-order valence-corrected chi connectivity index (χ3v) is 2.87. The molecule has 1 fully saturated rings. The van der Waals surface area contributed by atoms with E-state index in [-0.39, 0.29) is 12.5 Å². The number of piperidine rings is 1. The number of amides is 1. The summed E-state index contributed by atoms with van der Waals surface area (Å²) in [5.41, 5.74) is 4.90. The number of halogens is 1. The Morgan fingerprint density at radius 2 is 2.18 bits per heavy atom. The van der Waals surface area contributed by atoms with Crippen molar-refractivity contribution >= 4 is 6.09 Å². The van der Waals surface area contributed by atoms with Gasteiger partial charge in [-0.25, -0.2) is 9.18 Å². The fourth-order valence-corrected chi connectivity index (χ4v) is 1.98. The highest BCUT2D eigenvalue weighted by molar-refractivity contribution is 5.68. The summed E-state index contributed by atoms with van der Waals surface area (Å²) in [6.07, 6.45) is -0.0628. The molecule has 0 bridgehead atoms. The second-order valence-electron chi connectivity index (χ2n) is 5.57. The minimum absolute atomic E-state index is 0.0151. The molecule has 1 rings (SSSR count). The van der Waals surface area contributed by atoms with Gasteiger partial charge in [-0.3, -0.25) is 0 Å². The number of nitrogens with two attached hydrogens (primary N) is 1. The molecule has 0 aromatic heterocycles. The van der Waals surface area contributed by atoms with Crippen molar-refractivity contribution in [2.75, 3.05) is 19.6 Å². The average Bonchev–Trinajstić information content (AvgIpc) is 2.18. The average molecular weight is 246 g/mol. The molecule has 0 spiro atoms. The number of carbonyl (C=O) groups excluding carboxylic acids is 1. The molecule has 1 aliphatic rings. The summed E-state index contributed by atoms with van der Waals surface area (Å²) in [6, 6.07) is 0. The van der Waals surface area contributed by atoms with Crippen LogP contribution in [-0.4, -0.2) is 42.4 Å². The lowest BCUT2D eigenvalue weighted by atomic mass is 9.92. The normalized spacial score (nSPS) is 25.8. The number of alkyl halides is 1. The molecule has 1 saturated heterocycles. The highest BCUT2D eigenvalue weighted by Gasteiger charge is 2.32. The van der Waals surface area contributed by atoms with E-state index in [0.29, 0.717) is 25.9 Å². The summed E-state index contributed by atoms with van der Waals surface area (Å²) in [7, 11) is 0. The van der Waals surface area contributed by atoms with Crippen molar-refractivity contribution in [3.63, 3.8) is 0 Å². The molecule has 0 aromatic carbocycles. The van der Waals surface area contributed by atoms with Gasteiger partial charge in [-0.15, -0.1) is 0 Å². The zero-order valence-electron chi connectivity index (χ0n) is 10.9. The van der Waals surface area contributed by atoms with Gasteiger partial charge in [-0.05, 0) is 46.1 Å². The van der Waals surface area contributed by atoms with E-state index in [0.717, 1.165) is 0 Å². The Labute approximate surface area is 102 Å². The lowest BCUT2D eigenvalue weighted by Crippen LogP contribution is -2.47. The van der Waals surface area contributed by atoms with Gasteiger partial charge in [0.1, 0.15) is 11.8 Å². The minimum atomic E-state index is -0.986. The molecule has 5 heteroatoms. The molecule has 1 heterocycles. The lowest BCUT2D eigenvalue weighted by molar-refractivity contribution is 0.00494. The van der Waals surface area contributed by atoms with Gasteiger partial charge in [0.25, 0.3) is 0 Å². The molecule has 100 valence electrons. The zero-order valence-corrected chi connectivity index (χ0v) is 10.9. The van der Waals surface area contributed by atoms with Crippen molar-refractivity contribution in [2.24, 2.45) is 11.7 Å². The highest BCUT2D eigenvalue weighted by atomic mass is 19.1. The molecular weight excluding hydrogens is 223 g/mol. The summed E-state index contributed by atoms with van der Waals surface area (Å²) >= 11 is 0. The number of hydrogen-bond donors (Lipinski definition) is 1. The van der Waals surface area contributed by atoms with Crippen LogP contribution in [0.5, 0.6) is 0 Å². The number of ether oxygens (including phenoxy) is 1. The minimum Gasteiger partial charge on any atom is -0.444 e. The van der Waals surface area contributed by atoms with E-state index in [4.69, 9.17) is 10.5 Å². The Kier molecular flexibility index (Phi) is 4.74. The van der Waals surface area contributed by atoms with Gasteiger partial charge in [0, 0.05) is 6.54 Å². The molecule has 0 unspecified atom stereocenters. The molecule has 1 aliphatic heterocycles. The monoisotopic (exact) mass is 246 g/mol. The van der Waals surface area contributed by atoms with Crippen molar-refractivity contribution in [3.05, 3.63) is 0 Å². The predicted octanol–water partition coefficient (Wildman–Crippen LogP) is 1.93. The van der Waals surface area contributed by atoms with E-state index in [2.05, 4.69) is 0 Å². The van der Waals surface area contributed by atoms with Crippen LogP contribution < -0.4 is 5.73 Å². The molecule has 0 aliphatic carbocycles. The first-order valence-corrected chi connectivity index (χ1v) is 6.15. The summed E-state index contributed by atoms with van der Waals surface area (Å²) in [5, 5.41) is 0. The van der Waals surface area contributed by atoms with E-state index in [9.17, 15) is 9.18 Å². The maximum atomic E-state index is 13.8. The maximum Gasteiger partial charge on any atom is 0.410 e. The molecule has 0 radical (unpaired) electrons. The van der Waals surface area contributed by atoms with Gasteiger partial charge in [0.05, 0.1) is 6.54 Å². The van der Waals surface area contributed by atoms with Crippen LogP contribution >= 0.6 is 0 Å². The fraction of sp³-hybridized carbons (Fsp3) is 0.917. The highest BCUT2D eigenvalue weighted by Crippen LogP contribution is 2.24. The Hall–Kier alpha value is -0.840. The summed E-state index contributed by atoms with van der Waals surface area (Å²) in [6.45, 7) is 6.59. The van der Waals surface area contributed by atoms with Crippen LogP contribution in [0.3, 0.4) is 0 Å². The predicted molar refractivity (Wildman–Crippen MR) is 64.5 cm³/mol. The van der Waals surface area contributed by atoms with Crippen LogP contribution in [0.15, 0.2) is 0 Å². The van der Waals surface area contributed by atoms with Crippen LogP contribution in [0.25, 0.3) is 0 Å². The zero-order chi connectivity index (χ0) is 13.1. The van der Waals surface area contributed by atoms with Crippen molar-refractivity contribution in [2.45, 2.75) is 45.4 Å². The second-order valence-corrected chi connectivity index (χ2v) is 5.57. The van der Waals surface area contributed by atoms with Crippen molar-refractivity contribution in [1.29, 1.82) is 0 Å². The van der Waals surface area contributed by atoms with Crippen molar-refractivity contribution < 1.29 is 13.9 Å². The molecule has 2 N–H and O–H groups in total. The summed E-state index contributed by atoms with van der Waals surface area (Å²) in [5.74, 6) is -0.0151. The van der Waals surface area contributed by atoms with E-state index in [1.807, 2.05) is 0 Å². The Morgan fingerprint density at radius 1 is 1.53 bits per heavy atom. The second kappa shape index (κ2) is 5.67. The molecule has 2 atom stereocenters. The maximum absolute atomic E-state index is 13.8. The summed E-state index contributed by atoms with van der Waals surface area (Å²) < 4.78 is 19.0. The quantitative estimate of drug-likeness (QED) is 0.810. The third-order valence-electron chi connectivity index (χ3n) is 2.87. The lowest BCUT2D eigenvalue weighted by Gasteiger charge is -2.35. The van der Waals surface area contributed by atoms with Crippen LogP contribution in [0.1, 0.15) is 33.6 Å². The molecule has 1 amide bonds. The number of rotatable bonds is 2. The van der Waals surface area contributed by atoms with Gasteiger partial charge in [0.15, 0.2) is 0 Å². The number of hydrogen-bond acceptors (Lipinski definition) is 3. The molecule has 17 heavy (non-hydrogen) atoms.